The van der Waals surface area contributed by atoms with Crippen molar-refractivity contribution < 1.29 is 19.4 Å². The van der Waals surface area contributed by atoms with Gasteiger partial charge in [-0.3, -0.25) is 14.5 Å². The van der Waals surface area contributed by atoms with Gasteiger partial charge in [-0.05, 0) is 47.5 Å². The van der Waals surface area contributed by atoms with E-state index in [4.69, 9.17) is 10.5 Å². The van der Waals surface area contributed by atoms with Crippen LogP contribution in [0.25, 0.3) is 0 Å². The summed E-state index contributed by atoms with van der Waals surface area (Å²) in [6.07, 6.45) is 2.61. The van der Waals surface area contributed by atoms with Crippen molar-refractivity contribution >= 4 is 11.9 Å². The highest BCUT2D eigenvalue weighted by atomic mass is 16.6. The number of hydrogen-bond acceptors (Lipinski definition) is 5. The van der Waals surface area contributed by atoms with Crippen molar-refractivity contribution in [2.75, 3.05) is 0 Å². The Morgan fingerprint density at radius 2 is 1.68 bits per heavy atom. The van der Waals surface area contributed by atoms with Crippen LogP contribution in [-0.2, 0) is 14.3 Å². The minimum Gasteiger partial charge on any atom is -0.481 e. The van der Waals surface area contributed by atoms with E-state index in [-0.39, 0.29) is 24.9 Å². The summed E-state index contributed by atoms with van der Waals surface area (Å²) in [7, 11) is 0. The number of piperidine rings is 1. The fourth-order valence-electron chi connectivity index (χ4n) is 3.43. The molecule has 0 aromatic rings. The number of aliphatic carboxylic acids is 1. The summed E-state index contributed by atoms with van der Waals surface area (Å²) < 4.78 is 5.34. The first kappa shape index (κ1) is 18.9. The molecule has 6 heteroatoms. The van der Waals surface area contributed by atoms with Gasteiger partial charge in [0.2, 0.25) is 0 Å². The van der Waals surface area contributed by atoms with Crippen molar-refractivity contribution in [2.45, 2.75) is 90.1 Å². The number of carbonyl (C=O) groups is 2. The van der Waals surface area contributed by atoms with Crippen molar-refractivity contribution in [3.63, 3.8) is 0 Å². The molecule has 22 heavy (non-hydrogen) atoms. The lowest BCUT2D eigenvalue weighted by Crippen LogP contribution is -2.65. The molecule has 1 fully saturated rings. The van der Waals surface area contributed by atoms with Crippen LogP contribution in [0, 0.1) is 0 Å². The predicted molar refractivity (Wildman–Crippen MR) is 84.2 cm³/mol. The molecule has 128 valence electrons. The Hall–Kier alpha value is -1.14. The lowest BCUT2D eigenvalue weighted by Gasteiger charge is -2.49. The third kappa shape index (κ3) is 5.25. The highest BCUT2D eigenvalue weighted by Crippen LogP contribution is 2.32. The number of likely N-dealkylation sites (tertiary alicyclic amines) is 1. The minimum absolute atomic E-state index is 0.120. The number of nitrogens with two attached hydrogens (primary N) is 1. The van der Waals surface area contributed by atoms with Gasteiger partial charge in [0.05, 0.1) is 18.5 Å². The summed E-state index contributed by atoms with van der Waals surface area (Å²) in [4.78, 5) is 25.5. The van der Waals surface area contributed by atoms with Gasteiger partial charge in [0.25, 0.3) is 0 Å². The fourth-order valence-corrected chi connectivity index (χ4v) is 3.43. The Labute approximate surface area is 133 Å². The third-order valence-electron chi connectivity index (χ3n) is 4.04. The first-order valence-electron chi connectivity index (χ1n) is 7.95. The van der Waals surface area contributed by atoms with E-state index in [9.17, 15) is 14.7 Å². The SMILES string of the molecule is CC1CCCC(C)N1[C@@](N)(CC(=O)O)CC(=O)OC(C)(C)C. The molecule has 0 aromatic carbocycles. The second-order valence-corrected chi connectivity index (χ2v) is 7.47. The average molecular weight is 314 g/mol. The zero-order chi connectivity index (χ0) is 17.1. The molecule has 0 saturated carbocycles. The largest absolute Gasteiger partial charge is 0.481 e. The van der Waals surface area contributed by atoms with E-state index < -0.39 is 23.2 Å². The Balaban J connectivity index is 2.98. The quantitative estimate of drug-likeness (QED) is 0.755. The number of esters is 1. The lowest BCUT2D eigenvalue weighted by molar-refractivity contribution is -0.161. The van der Waals surface area contributed by atoms with Crippen LogP contribution in [0.1, 0.15) is 66.7 Å². The molecule has 0 amide bonds. The van der Waals surface area contributed by atoms with Crippen LogP contribution in [-0.4, -0.2) is 45.3 Å². The molecule has 1 aliphatic heterocycles. The number of ether oxygens (including phenoxy) is 1. The second kappa shape index (κ2) is 6.96. The van der Waals surface area contributed by atoms with Crippen LogP contribution >= 0.6 is 0 Å². The molecular formula is C16H30N2O4. The zero-order valence-corrected chi connectivity index (χ0v) is 14.4. The third-order valence-corrected chi connectivity index (χ3v) is 4.04. The molecule has 0 spiro atoms. The highest BCUT2D eigenvalue weighted by molar-refractivity contribution is 5.74. The molecule has 6 nitrogen and oxygen atoms in total. The average Bonchev–Trinajstić information content (AvgIpc) is 2.23. The maximum absolute atomic E-state index is 12.2. The topological polar surface area (TPSA) is 92.9 Å². The van der Waals surface area contributed by atoms with Crippen LogP contribution in [0.2, 0.25) is 0 Å². The van der Waals surface area contributed by atoms with E-state index in [0.717, 1.165) is 19.3 Å². The number of hydrogen-bond donors (Lipinski definition) is 2. The van der Waals surface area contributed by atoms with Crippen molar-refractivity contribution in [3.05, 3.63) is 0 Å². The first-order valence-corrected chi connectivity index (χ1v) is 7.95. The summed E-state index contributed by atoms with van der Waals surface area (Å²) in [5.41, 5.74) is 4.59. The van der Waals surface area contributed by atoms with Gasteiger partial charge in [-0.2, -0.15) is 0 Å². The van der Waals surface area contributed by atoms with E-state index in [1.807, 2.05) is 18.7 Å². The summed E-state index contributed by atoms with van der Waals surface area (Å²) in [5, 5.41) is 9.24. The molecule has 1 aliphatic rings. The monoisotopic (exact) mass is 314 g/mol. The van der Waals surface area contributed by atoms with E-state index in [1.165, 1.54) is 0 Å². The van der Waals surface area contributed by atoms with E-state index >= 15 is 0 Å². The normalized spacial score (nSPS) is 26.3. The smallest absolute Gasteiger partial charge is 0.309 e. The molecule has 1 rings (SSSR count). The molecule has 0 bridgehead atoms. The van der Waals surface area contributed by atoms with Crippen LogP contribution in [0.3, 0.4) is 0 Å². The van der Waals surface area contributed by atoms with Crippen molar-refractivity contribution in [2.24, 2.45) is 5.73 Å². The van der Waals surface area contributed by atoms with E-state index in [2.05, 4.69) is 0 Å². The van der Waals surface area contributed by atoms with Crippen molar-refractivity contribution in [3.8, 4) is 0 Å². The Morgan fingerprint density at radius 1 is 1.18 bits per heavy atom. The van der Waals surface area contributed by atoms with Crippen LogP contribution < -0.4 is 5.73 Å². The van der Waals surface area contributed by atoms with E-state index in [0.29, 0.717) is 0 Å². The molecule has 0 radical (unpaired) electrons. The van der Waals surface area contributed by atoms with E-state index in [1.54, 1.807) is 20.8 Å². The van der Waals surface area contributed by atoms with Gasteiger partial charge < -0.3 is 15.6 Å². The summed E-state index contributed by atoms with van der Waals surface area (Å²) in [6.45, 7) is 9.42. The summed E-state index contributed by atoms with van der Waals surface area (Å²) >= 11 is 0. The number of carbonyl (C=O) groups excluding carboxylic acids is 1. The highest BCUT2D eigenvalue weighted by Gasteiger charge is 2.44. The van der Waals surface area contributed by atoms with Crippen LogP contribution in [0.4, 0.5) is 0 Å². The summed E-state index contributed by atoms with van der Waals surface area (Å²) in [6, 6.07) is 0.297. The van der Waals surface area contributed by atoms with Gasteiger partial charge >= 0.3 is 11.9 Å². The molecule has 3 N–H and O–H groups in total. The maximum Gasteiger partial charge on any atom is 0.309 e. The van der Waals surface area contributed by atoms with Gasteiger partial charge in [0.1, 0.15) is 5.60 Å². The number of rotatable bonds is 5. The van der Waals surface area contributed by atoms with Gasteiger partial charge in [-0.1, -0.05) is 6.42 Å². The number of carboxylic acid groups (broad SMARTS) is 1. The molecule has 0 aromatic heterocycles. The van der Waals surface area contributed by atoms with Gasteiger partial charge in [0, 0.05) is 12.1 Å². The predicted octanol–water partition coefficient (Wildman–Crippen LogP) is 2.11. The fraction of sp³-hybridized carbons (Fsp3) is 0.875. The van der Waals surface area contributed by atoms with Gasteiger partial charge in [0.15, 0.2) is 0 Å². The van der Waals surface area contributed by atoms with Crippen molar-refractivity contribution in [1.82, 2.24) is 4.90 Å². The minimum atomic E-state index is -1.21. The molecule has 0 aliphatic carbocycles. The van der Waals surface area contributed by atoms with Crippen molar-refractivity contribution in [1.29, 1.82) is 0 Å². The zero-order valence-electron chi connectivity index (χ0n) is 14.4. The van der Waals surface area contributed by atoms with Gasteiger partial charge in [-0.15, -0.1) is 0 Å². The summed E-state index contributed by atoms with van der Waals surface area (Å²) in [5.74, 6) is -1.46. The molecule has 1 saturated heterocycles. The van der Waals surface area contributed by atoms with Crippen LogP contribution in [0.5, 0.6) is 0 Å². The van der Waals surface area contributed by atoms with Gasteiger partial charge in [-0.25, -0.2) is 0 Å². The first-order chi connectivity index (χ1) is 9.94. The Kier molecular flexibility index (Phi) is 5.98. The number of carboxylic acids is 1. The Bertz CT molecular complexity index is 409. The molecular weight excluding hydrogens is 284 g/mol. The molecule has 2 unspecified atom stereocenters. The van der Waals surface area contributed by atoms with Crippen LogP contribution in [0.15, 0.2) is 0 Å². The molecule has 1 heterocycles. The lowest BCUT2D eigenvalue weighted by atomic mass is 9.89. The Morgan fingerprint density at radius 3 is 2.09 bits per heavy atom. The maximum atomic E-state index is 12.2. The number of nitrogens with zero attached hydrogens (tertiary/aromatic N) is 1. The standard InChI is InChI=1S/C16H30N2O4/c1-11-7-6-8-12(2)18(11)16(17,9-13(19)20)10-14(21)22-15(3,4)5/h11-12H,6-10,17H2,1-5H3,(H,19,20)/t11?,12?,16-/m0/s1. The molecule has 3 atom stereocenters. The second-order valence-electron chi connectivity index (χ2n) is 7.47.